The molecule has 0 saturated carbocycles. The fourth-order valence-corrected chi connectivity index (χ4v) is 2.98. The number of ether oxygens (including phenoxy) is 1. The summed E-state index contributed by atoms with van der Waals surface area (Å²) in [6.45, 7) is 6.39. The zero-order valence-electron chi connectivity index (χ0n) is 9.79. The van der Waals surface area contributed by atoms with Gasteiger partial charge in [-0.1, -0.05) is 20.3 Å². The molecule has 0 N–H and O–H groups in total. The van der Waals surface area contributed by atoms with Gasteiger partial charge in [0.25, 0.3) is 0 Å². The highest BCUT2D eigenvalue weighted by Gasteiger charge is 2.20. The molecule has 0 spiro atoms. The van der Waals surface area contributed by atoms with Crippen molar-refractivity contribution in [2.45, 2.75) is 39.5 Å². The molecule has 0 fully saturated rings. The molecular weight excluding hydrogens is 208 g/mol. The molecular formula is C12H18O2S. The molecule has 1 rings (SSSR count). The predicted molar refractivity (Wildman–Crippen MR) is 63.7 cm³/mol. The normalized spacial score (nSPS) is 12.5. The first kappa shape index (κ1) is 12.2. The molecule has 0 aromatic carbocycles. The molecule has 1 heterocycles. The van der Waals surface area contributed by atoms with Crippen molar-refractivity contribution < 1.29 is 9.53 Å². The van der Waals surface area contributed by atoms with E-state index in [1.165, 1.54) is 29.6 Å². The summed E-state index contributed by atoms with van der Waals surface area (Å²) in [6, 6.07) is 0. The highest BCUT2D eigenvalue weighted by Crippen LogP contribution is 2.32. The zero-order valence-corrected chi connectivity index (χ0v) is 10.6. The van der Waals surface area contributed by atoms with E-state index < -0.39 is 0 Å². The summed E-state index contributed by atoms with van der Waals surface area (Å²) in [6.07, 6.45) is 2.25. The van der Waals surface area contributed by atoms with E-state index in [1.54, 1.807) is 0 Å². The number of methoxy groups -OCH3 is 1. The maximum absolute atomic E-state index is 11.5. The van der Waals surface area contributed by atoms with Gasteiger partial charge in [0.1, 0.15) is 4.88 Å². The van der Waals surface area contributed by atoms with Gasteiger partial charge in [0, 0.05) is 0 Å². The molecule has 0 saturated heterocycles. The predicted octanol–water partition coefficient (Wildman–Crippen LogP) is 3.75. The van der Waals surface area contributed by atoms with Crippen LogP contribution in [0.15, 0.2) is 5.38 Å². The minimum absolute atomic E-state index is 0.203. The fourth-order valence-electron chi connectivity index (χ4n) is 1.89. The Morgan fingerprint density at radius 3 is 2.80 bits per heavy atom. The van der Waals surface area contributed by atoms with Gasteiger partial charge in [-0.25, -0.2) is 4.79 Å². The number of thiophene rings is 1. The number of aryl methyl sites for hydroxylation is 1. The van der Waals surface area contributed by atoms with Crippen LogP contribution >= 0.6 is 11.3 Å². The van der Waals surface area contributed by atoms with Crippen LogP contribution in [0.4, 0.5) is 0 Å². The van der Waals surface area contributed by atoms with Crippen LogP contribution in [0.25, 0.3) is 0 Å². The van der Waals surface area contributed by atoms with E-state index in [0.717, 1.165) is 17.7 Å². The van der Waals surface area contributed by atoms with Crippen molar-refractivity contribution in [3.05, 3.63) is 21.4 Å². The Kier molecular flexibility index (Phi) is 4.33. The van der Waals surface area contributed by atoms with Crippen LogP contribution in [0.5, 0.6) is 0 Å². The lowest BCUT2D eigenvalue weighted by Crippen LogP contribution is -2.05. The molecule has 0 aliphatic carbocycles. The van der Waals surface area contributed by atoms with Crippen molar-refractivity contribution in [3.63, 3.8) is 0 Å². The zero-order chi connectivity index (χ0) is 11.4. The summed E-state index contributed by atoms with van der Waals surface area (Å²) in [5, 5.41) is 2.04. The van der Waals surface area contributed by atoms with Crippen LogP contribution in [-0.2, 0) is 4.74 Å². The first-order valence-electron chi connectivity index (χ1n) is 5.28. The number of carbonyl (C=O) groups is 1. The monoisotopic (exact) mass is 226 g/mol. The summed E-state index contributed by atoms with van der Waals surface area (Å²) in [7, 11) is 1.44. The molecule has 3 heteroatoms. The lowest BCUT2D eigenvalue weighted by molar-refractivity contribution is 0.0604. The number of hydrogen-bond acceptors (Lipinski definition) is 3. The average Bonchev–Trinajstić information content (AvgIpc) is 2.59. The molecule has 2 nitrogen and oxygen atoms in total. The number of esters is 1. The van der Waals surface area contributed by atoms with Gasteiger partial charge >= 0.3 is 5.97 Å². The van der Waals surface area contributed by atoms with Crippen LogP contribution < -0.4 is 0 Å². The summed E-state index contributed by atoms with van der Waals surface area (Å²) in [5.74, 6) is 0.237. The minimum atomic E-state index is -0.203. The third-order valence-corrected chi connectivity index (χ3v) is 3.70. The maximum Gasteiger partial charge on any atom is 0.348 e. The average molecular weight is 226 g/mol. The molecule has 0 aliphatic rings. The topological polar surface area (TPSA) is 26.3 Å². The van der Waals surface area contributed by atoms with E-state index in [4.69, 9.17) is 4.74 Å². The first-order valence-corrected chi connectivity index (χ1v) is 6.16. The largest absolute Gasteiger partial charge is 0.465 e. The summed E-state index contributed by atoms with van der Waals surface area (Å²) in [5.41, 5.74) is 2.38. The van der Waals surface area contributed by atoms with E-state index in [9.17, 15) is 4.79 Å². The quantitative estimate of drug-likeness (QED) is 0.731. The second-order valence-electron chi connectivity index (χ2n) is 3.84. The number of rotatable bonds is 4. The van der Waals surface area contributed by atoms with E-state index >= 15 is 0 Å². The van der Waals surface area contributed by atoms with E-state index in [-0.39, 0.29) is 5.97 Å². The van der Waals surface area contributed by atoms with Gasteiger partial charge in [-0.05, 0) is 35.8 Å². The molecule has 84 valence electrons. The SMILES string of the molecule is CCCC(C)c1c(C)csc1C(=O)OC. The molecule has 0 amide bonds. The molecule has 0 bridgehead atoms. The first-order chi connectivity index (χ1) is 7.11. The lowest BCUT2D eigenvalue weighted by Gasteiger charge is -2.12. The summed E-state index contributed by atoms with van der Waals surface area (Å²) in [4.78, 5) is 12.3. The maximum atomic E-state index is 11.5. The van der Waals surface area contributed by atoms with Crippen LogP contribution in [0, 0.1) is 6.92 Å². The van der Waals surface area contributed by atoms with Crippen LogP contribution in [-0.4, -0.2) is 13.1 Å². The highest BCUT2D eigenvalue weighted by atomic mass is 32.1. The standard InChI is InChI=1S/C12H18O2S/c1-5-6-8(2)10-9(3)7-15-11(10)12(13)14-4/h7-8H,5-6H2,1-4H3. The van der Waals surface area contributed by atoms with E-state index in [1.807, 2.05) is 5.38 Å². The molecule has 0 radical (unpaired) electrons. The second-order valence-corrected chi connectivity index (χ2v) is 4.72. The smallest absolute Gasteiger partial charge is 0.348 e. The summed E-state index contributed by atoms with van der Waals surface area (Å²) < 4.78 is 4.79. The van der Waals surface area contributed by atoms with Gasteiger partial charge in [0.05, 0.1) is 7.11 Å². The van der Waals surface area contributed by atoms with Crippen molar-refractivity contribution in [3.8, 4) is 0 Å². The van der Waals surface area contributed by atoms with Crippen LogP contribution in [0.1, 0.15) is 53.4 Å². The van der Waals surface area contributed by atoms with E-state index in [0.29, 0.717) is 5.92 Å². The highest BCUT2D eigenvalue weighted by molar-refractivity contribution is 7.12. The Balaban J connectivity index is 3.03. The molecule has 1 atom stereocenters. The third-order valence-electron chi connectivity index (χ3n) is 2.61. The van der Waals surface area contributed by atoms with Gasteiger partial charge in [-0.3, -0.25) is 0 Å². The third kappa shape index (κ3) is 2.59. The Morgan fingerprint density at radius 2 is 2.27 bits per heavy atom. The van der Waals surface area contributed by atoms with Crippen molar-refractivity contribution in [2.24, 2.45) is 0 Å². The lowest BCUT2D eigenvalue weighted by atomic mass is 9.94. The van der Waals surface area contributed by atoms with Gasteiger partial charge < -0.3 is 4.74 Å². The Labute approximate surface area is 95.3 Å². The van der Waals surface area contributed by atoms with Crippen LogP contribution in [0.2, 0.25) is 0 Å². The molecule has 1 aromatic rings. The Bertz CT molecular complexity index is 341. The summed E-state index contributed by atoms with van der Waals surface area (Å²) >= 11 is 1.49. The van der Waals surface area contributed by atoms with Gasteiger partial charge in [-0.2, -0.15) is 0 Å². The number of hydrogen-bond donors (Lipinski definition) is 0. The van der Waals surface area contributed by atoms with Crippen molar-refractivity contribution in [2.75, 3.05) is 7.11 Å². The molecule has 1 unspecified atom stereocenters. The van der Waals surface area contributed by atoms with E-state index in [2.05, 4.69) is 20.8 Å². The Morgan fingerprint density at radius 1 is 1.60 bits per heavy atom. The van der Waals surface area contributed by atoms with Gasteiger partial charge in [-0.15, -0.1) is 11.3 Å². The van der Waals surface area contributed by atoms with Crippen molar-refractivity contribution in [1.29, 1.82) is 0 Å². The molecule has 1 aromatic heterocycles. The second kappa shape index (κ2) is 5.31. The van der Waals surface area contributed by atoms with Gasteiger partial charge in [0.2, 0.25) is 0 Å². The fraction of sp³-hybridized carbons (Fsp3) is 0.583. The Hall–Kier alpha value is -0.830. The molecule has 0 aliphatic heterocycles. The van der Waals surface area contributed by atoms with Crippen LogP contribution in [0.3, 0.4) is 0 Å². The number of carbonyl (C=O) groups excluding carboxylic acids is 1. The van der Waals surface area contributed by atoms with Gasteiger partial charge in [0.15, 0.2) is 0 Å². The van der Waals surface area contributed by atoms with Crippen molar-refractivity contribution >= 4 is 17.3 Å². The minimum Gasteiger partial charge on any atom is -0.465 e. The van der Waals surface area contributed by atoms with Crippen molar-refractivity contribution in [1.82, 2.24) is 0 Å². The molecule has 15 heavy (non-hydrogen) atoms.